The normalized spacial score (nSPS) is 18.4. The van der Waals surface area contributed by atoms with Crippen LogP contribution in [0, 0.1) is 0 Å². The molecule has 23 heavy (non-hydrogen) atoms. The number of nitrogens with one attached hydrogen (secondary N) is 1. The van der Waals surface area contributed by atoms with Crippen molar-refractivity contribution >= 4 is 27.4 Å². The van der Waals surface area contributed by atoms with Gasteiger partial charge in [-0.3, -0.25) is 0 Å². The van der Waals surface area contributed by atoms with Gasteiger partial charge in [-0.25, -0.2) is 4.98 Å². The van der Waals surface area contributed by atoms with E-state index in [0.29, 0.717) is 6.04 Å². The van der Waals surface area contributed by atoms with E-state index >= 15 is 0 Å². The third kappa shape index (κ3) is 3.33. The number of thiazole rings is 1. The molecule has 2 aromatic heterocycles. The van der Waals surface area contributed by atoms with Crippen molar-refractivity contribution in [2.24, 2.45) is 0 Å². The highest BCUT2D eigenvalue weighted by molar-refractivity contribution is 7.18. The van der Waals surface area contributed by atoms with E-state index in [0.717, 1.165) is 36.0 Å². The topological polar surface area (TPSA) is 53.9 Å². The van der Waals surface area contributed by atoms with Gasteiger partial charge in [0.2, 0.25) is 0 Å². The van der Waals surface area contributed by atoms with Crippen LogP contribution in [-0.2, 0) is 6.54 Å². The second-order valence-corrected chi connectivity index (χ2v) is 6.94. The Hall–Kier alpha value is -2.05. The summed E-state index contributed by atoms with van der Waals surface area (Å²) in [6, 6.07) is 12.8. The smallest absolute Gasteiger partial charge is 0.151 e. The fraction of sp³-hybridized carbons (Fsp3) is 0.353. The molecule has 4 rings (SSSR count). The van der Waals surface area contributed by atoms with Gasteiger partial charge in [0, 0.05) is 31.9 Å². The lowest BCUT2D eigenvalue weighted by Crippen LogP contribution is -2.45. The van der Waals surface area contributed by atoms with Crippen molar-refractivity contribution < 1.29 is 0 Å². The van der Waals surface area contributed by atoms with Gasteiger partial charge in [0.25, 0.3) is 0 Å². The minimum absolute atomic E-state index is 0.470. The molecule has 3 aromatic rings. The number of nitrogens with zero attached hydrogens (tertiary/aromatic N) is 4. The van der Waals surface area contributed by atoms with Crippen molar-refractivity contribution in [3.05, 3.63) is 47.6 Å². The number of piperidine rings is 1. The Morgan fingerprint density at radius 2 is 2.17 bits per heavy atom. The van der Waals surface area contributed by atoms with Gasteiger partial charge < -0.3 is 10.2 Å². The molecule has 0 saturated carbocycles. The zero-order valence-electron chi connectivity index (χ0n) is 12.9. The highest BCUT2D eigenvalue weighted by Crippen LogP contribution is 2.22. The summed E-state index contributed by atoms with van der Waals surface area (Å²) in [6.45, 7) is 2.86. The number of hydrogen-bond acceptors (Lipinski definition) is 6. The molecular weight excluding hydrogens is 306 g/mol. The summed E-state index contributed by atoms with van der Waals surface area (Å²) in [7, 11) is 0. The average molecular weight is 325 g/mol. The highest BCUT2D eigenvalue weighted by Gasteiger charge is 2.20. The third-order valence-electron chi connectivity index (χ3n) is 4.18. The molecule has 0 radical (unpaired) electrons. The Labute approximate surface area is 139 Å². The van der Waals surface area contributed by atoms with Crippen molar-refractivity contribution in [1.29, 1.82) is 0 Å². The minimum Gasteiger partial charge on any atom is -0.354 e. The van der Waals surface area contributed by atoms with E-state index in [1.54, 1.807) is 17.5 Å². The predicted octanol–water partition coefficient (Wildman–Crippen LogP) is 2.84. The number of benzene rings is 1. The van der Waals surface area contributed by atoms with E-state index in [4.69, 9.17) is 4.98 Å². The minimum atomic E-state index is 0.470. The van der Waals surface area contributed by atoms with Crippen LogP contribution < -0.4 is 10.2 Å². The summed E-state index contributed by atoms with van der Waals surface area (Å²) in [5, 5.41) is 13.0. The van der Waals surface area contributed by atoms with Crippen LogP contribution in [0.4, 0.5) is 5.82 Å². The Morgan fingerprint density at radius 1 is 1.22 bits per heavy atom. The van der Waals surface area contributed by atoms with Gasteiger partial charge in [-0.1, -0.05) is 12.1 Å². The molecule has 0 aliphatic carbocycles. The molecule has 0 unspecified atom stereocenters. The molecule has 5 nitrogen and oxygen atoms in total. The predicted molar refractivity (Wildman–Crippen MR) is 93.7 cm³/mol. The lowest BCUT2D eigenvalue weighted by atomic mass is 10.1. The standard InChI is InChI=1S/C17H19N5S/c1-2-7-15-14(6-1)20-17(23-15)11-18-13-5-4-10-22(12-13)16-8-3-9-19-21-16/h1-3,6-9,13,18H,4-5,10-12H2/t13-/m0/s1. The fourth-order valence-electron chi connectivity index (χ4n) is 3.04. The van der Waals surface area contributed by atoms with Crippen LogP contribution in [0.3, 0.4) is 0 Å². The van der Waals surface area contributed by atoms with Crippen LogP contribution in [0.2, 0.25) is 0 Å². The lowest BCUT2D eigenvalue weighted by molar-refractivity contribution is 0.419. The first kappa shape index (κ1) is 14.5. The maximum absolute atomic E-state index is 4.69. The summed E-state index contributed by atoms with van der Waals surface area (Å²) in [5.74, 6) is 0.971. The molecule has 0 spiro atoms. The first-order valence-corrected chi connectivity index (χ1v) is 8.80. The molecular formula is C17H19N5S. The number of hydrogen-bond donors (Lipinski definition) is 1. The van der Waals surface area contributed by atoms with E-state index < -0.39 is 0 Å². The van der Waals surface area contributed by atoms with Crippen LogP contribution in [0.5, 0.6) is 0 Å². The quantitative estimate of drug-likeness (QED) is 0.799. The summed E-state index contributed by atoms with van der Waals surface area (Å²) >= 11 is 1.77. The first-order valence-electron chi connectivity index (χ1n) is 7.99. The van der Waals surface area contributed by atoms with Gasteiger partial charge >= 0.3 is 0 Å². The molecule has 1 N–H and O–H groups in total. The van der Waals surface area contributed by atoms with Crippen molar-refractivity contribution in [2.75, 3.05) is 18.0 Å². The molecule has 1 aliphatic heterocycles. The molecule has 0 bridgehead atoms. The van der Waals surface area contributed by atoms with Crippen LogP contribution in [0.1, 0.15) is 17.8 Å². The Bertz CT molecular complexity index is 740. The average Bonchev–Trinajstić information content (AvgIpc) is 3.04. The summed E-state index contributed by atoms with van der Waals surface area (Å²) in [4.78, 5) is 7.01. The third-order valence-corrected chi connectivity index (χ3v) is 5.22. The van der Waals surface area contributed by atoms with E-state index in [1.807, 2.05) is 18.2 Å². The van der Waals surface area contributed by atoms with Crippen molar-refractivity contribution in [2.45, 2.75) is 25.4 Å². The molecule has 3 heterocycles. The summed E-state index contributed by atoms with van der Waals surface area (Å²) < 4.78 is 1.26. The van der Waals surface area contributed by atoms with E-state index in [2.05, 4.69) is 38.6 Å². The number of aromatic nitrogens is 3. The molecule has 0 amide bonds. The number of para-hydroxylation sites is 1. The van der Waals surface area contributed by atoms with E-state index in [-0.39, 0.29) is 0 Å². The second kappa shape index (κ2) is 6.60. The Balaban J connectivity index is 1.38. The van der Waals surface area contributed by atoms with Gasteiger partial charge in [-0.2, -0.15) is 5.10 Å². The van der Waals surface area contributed by atoms with Crippen molar-refractivity contribution in [3.8, 4) is 0 Å². The zero-order valence-corrected chi connectivity index (χ0v) is 13.7. The molecule has 118 valence electrons. The van der Waals surface area contributed by atoms with Gasteiger partial charge in [-0.15, -0.1) is 16.4 Å². The first-order chi connectivity index (χ1) is 11.4. The monoisotopic (exact) mass is 325 g/mol. The molecule has 1 atom stereocenters. The van der Waals surface area contributed by atoms with Gasteiger partial charge in [0.1, 0.15) is 5.01 Å². The highest BCUT2D eigenvalue weighted by atomic mass is 32.1. The summed E-state index contributed by atoms with van der Waals surface area (Å²) in [6.07, 6.45) is 4.09. The molecule has 1 saturated heterocycles. The SMILES string of the molecule is c1cnnc(N2CCC[C@H](NCc3nc4ccccc4s3)C2)c1. The van der Waals surface area contributed by atoms with E-state index in [1.165, 1.54) is 17.5 Å². The van der Waals surface area contributed by atoms with Crippen molar-refractivity contribution in [3.63, 3.8) is 0 Å². The van der Waals surface area contributed by atoms with Gasteiger partial charge in [0.05, 0.1) is 10.2 Å². The molecule has 1 fully saturated rings. The second-order valence-electron chi connectivity index (χ2n) is 5.82. The number of fused-ring (bicyclic) bond motifs is 1. The lowest BCUT2D eigenvalue weighted by Gasteiger charge is -2.33. The molecule has 6 heteroatoms. The summed E-state index contributed by atoms with van der Waals surface area (Å²) in [5.41, 5.74) is 1.10. The Kier molecular flexibility index (Phi) is 4.17. The van der Waals surface area contributed by atoms with Crippen molar-refractivity contribution in [1.82, 2.24) is 20.5 Å². The number of rotatable bonds is 4. The van der Waals surface area contributed by atoms with Crippen LogP contribution >= 0.6 is 11.3 Å². The maximum Gasteiger partial charge on any atom is 0.151 e. The Morgan fingerprint density at radius 3 is 3.04 bits per heavy atom. The van der Waals surface area contributed by atoms with Crippen LogP contribution in [0.25, 0.3) is 10.2 Å². The van der Waals surface area contributed by atoms with Gasteiger partial charge in [-0.05, 0) is 37.1 Å². The molecule has 1 aromatic carbocycles. The number of anilines is 1. The van der Waals surface area contributed by atoms with Crippen LogP contribution in [-0.4, -0.2) is 34.3 Å². The zero-order chi connectivity index (χ0) is 15.5. The largest absolute Gasteiger partial charge is 0.354 e. The van der Waals surface area contributed by atoms with E-state index in [9.17, 15) is 0 Å². The van der Waals surface area contributed by atoms with Crippen LogP contribution in [0.15, 0.2) is 42.6 Å². The fourth-order valence-corrected chi connectivity index (χ4v) is 3.96. The molecule has 1 aliphatic rings. The maximum atomic E-state index is 4.69. The van der Waals surface area contributed by atoms with Gasteiger partial charge in [0.15, 0.2) is 5.82 Å².